The van der Waals surface area contributed by atoms with Crippen LogP contribution in [0.1, 0.15) is 41.6 Å². The van der Waals surface area contributed by atoms with Crippen LogP contribution in [0.3, 0.4) is 0 Å². The van der Waals surface area contributed by atoms with E-state index < -0.39 is 66.0 Å². The molecule has 1 aromatic heterocycles. The SMILES string of the molecule is [2H]C1([2H])CCC(c2nc(N[C@@H](C)C(F)(F)F)nc(N[C@@H](C)C(F)(F)F)n2)=C(F)C1O. The summed E-state index contributed by atoms with van der Waals surface area (Å²) in [5.74, 6) is -3.52. The number of hydrogen-bond acceptors (Lipinski definition) is 6. The Balaban J connectivity index is 2.50. The standard InChI is InChI=1S/C15H18F7N5O/c1-6(14(17,18)19)23-12-25-11(8-4-3-5-9(28)10(8)16)26-13(27-12)24-7(2)15(20,21)22/h6-7,9,28H,3-5H2,1-2H3,(H2,23,24,25,26,27)/t6-,7-,9?/m0/s1/i5D2. The molecule has 0 radical (unpaired) electrons. The van der Waals surface area contributed by atoms with Crippen molar-refractivity contribution < 1.29 is 38.6 Å². The van der Waals surface area contributed by atoms with Crippen molar-refractivity contribution >= 4 is 17.5 Å². The van der Waals surface area contributed by atoms with E-state index >= 15 is 0 Å². The molecule has 0 fully saturated rings. The summed E-state index contributed by atoms with van der Waals surface area (Å²) in [4.78, 5) is 10.7. The Hall–Kier alpha value is -2.18. The van der Waals surface area contributed by atoms with Crippen molar-refractivity contribution in [3.63, 3.8) is 0 Å². The van der Waals surface area contributed by atoms with E-state index in [1.54, 1.807) is 0 Å². The molecule has 0 amide bonds. The summed E-state index contributed by atoms with van der Waals surface area (Å²) in [6.45, 7) is 1.43. The number of aromatic nitrogens is 3. The lowest BCUT2D eigenvalue weighted by atomic mass is 9.96. The maximum atomic E-state index is 14.5. The smallest absolute Gasteiger partial charge is 0.386 e. The van der Waals surface area contributed by atoms with Gasteiger partial charge in [-0.05, 0) is 33.1 Å². The predicted octanol–water partition coefficient (Wildman–Crippen LogP) is 3.82. The molecule has 1 aromatic rings. The zero-order chi connectivity index (χ0) is 23.1. The van der Waals surface area contributed by atoms with Crippen LogP contribution in [0.25, 0.3) is 5.57 Å². The number of rotatable bonds is 5. The highest BCUT2D eigenvalue weighted by Gasteiger charge is 2.38. The zero-order valence-electron chi connectivity index (χ0n) is 16.6. The van der Waals surface area contributed by atoms with Crippen LogP contribution >= 0.6 is 0 Å². The van der Waals surface area contributed by atoms with E-state index in [1.807, 2.05) is 10.6 Å². The van der Waals surface area contributed by atoms with Gasteiger partial charge < -0.3 is 15.7 Å². The first-order chi connectivity index (χ1) is 13.5. The molecule has 1 aliphatic carbocycles. The largest absolute Gasteiger partial charge is 0.408 e. The van der Waals surface area contributed by atoms with Crippen molar-refractivity contribution in [1.29, 1.82) is 0 Å². The minimum atomic E-state index is -4.73. The van der Waals surface area contributed by atoms with Crippen LogP contribution in [-0.2, 0) is 0 Å². The molecular weight excluding hydrogens is 399 g/mol. The minimum absolute atomic E-state index is 0.345. The highest BCUT2D eigenvalue weighted by molar-refractivity contribution is 5.65. The van der Waals surface area contributed by atoms with Crippen LogP contribution in [0, 0.1) is 0 Å². The third-order valence-electron chi connectivity index (χ3n) is 3.82. The van der Waals surface area contributed by atoms with Gasteiger partial charge in [-0.1, -0.05) is 0 Å². The molecule has 0 aromatic carbocycles. The van der Waals surface area contributed by atoms with Gasteiger partial charge >= 0.3 is 12.4 Å². The number of alkyl halides is 6. The number of nitrogens with zero attached hydrogens (tertiary/aromatic N) is 3. The van der Waals surface area contributed by atoms with E-state index in [-0.39, 0.29) is 12.8 Å². The molecule has 0 spiro atoms. The van der Waals surface area contributed by atoms with Gasteiger partial charge in [-0.15, -0.1) is 0 Å². The topological polar surface area (TPSA) is 83.0 Å². The molecule has 1 unspecified atom stereocenters. The summed E-state index contributed by atoms with van der Waals surface area (Å²) in [5, 5.41) is 13.5. The normalized spacial score (nSPS) is 23.6. The summed E-state index contributed by atoms with van der Waals surface area (Å²) in [6.07, 6.45) is -14.7. The lowest BCUT2D eigenvalue weighted by Gasteiger charge is -2.22. The van der Waals surface area contributed by atoms with Gasteiger partial charge in [0.25, 0.3) is 0 Å². The van der Waals surface area contributed by atoms with Crippen LogP contribution in [0.5, 0.6) is 0 Å². The summed E-state index contributed by atoms with van der Waals surface area (Å²) in [7, 11) is 0. The maximum absolute atomic E-state index is 14.5. The van der Waals surface area contributed by atoms with Crippen molar-refractivity contribution in [2.45, 2.75) is 63.6 Å². The number of hydrogen-bond donors (Lipinski definition) is 3. The number of allylic oxidation sites excluding steroid dienone is 1. The first-order valence-electron chi connectivity index (χ1n) is 9.02. The lowest BCUT2D eigenvalue weighted by Crippen LogP contribution is -2.35. The van der Waals surface area contributed by atoms with Crippen LogP contribution < -0.4 is 10.6 Å². The van der Waals surface area contributed by atoms with Gasteiger partial charge in [0.05, 0.1) is 0 Å². The van der Waals surface area contributed by atoms with E-state index in [0.717, 1.165) is 0 Å². The quantitative estimate of drug-likeness (QED) is 0.630. The molecule has 28 heavy (non-hydrogen) atoms. The Bertz CT molecular complexity index is 775. The fraction of sp³-hybridized carbons (Fsp3) is 0.667. The number of aliphatic hydroxyl groups excluding tert-OH is 1. The maximum Gasteiger partial charge on any atom is 0.408 e. The van der Waals surface area contributed by atoms with Crippen LogP contribution in [-0.4, -0.2) is 50.6 Å². The van der Waals surface area contributed by atoms with Crippen LogP contribution in [0.2, 0.25) is 0 Å². The second-order valence-corrected chi connectivity index (χ2v) is 6.05. The van der Waals surface area contributed by atoms with Crippen molar-refractivity contribution in [1.82, 2.24) is 15.0 Å². The molecule has 3 atom stereocenters. The van der Waals surface area contributed by atoms with Crippen LogP contribution in [0.4, 0.5) is 42.6 Å². The third-order valence-corrected chi connectivity index (χ3v) is 3.82. The molecule has 6 nitrogen and oxygen atoms in total. The lowest BCUT2D eigenvalue weighted by molar-refractivity contribution is -0.139. The highest BCUT2D eigenvalue weighted by atomic mass is 19.4. The van der Waals surface area contributed by atoms with Crippen molar-refractivity contribution in [2.75, 3.05) is 10.6 Å². The fourth-order valence-corrected chi connectivity index (χ4v) is 2.12. The average Bonchev–Trinajstić information content (AvgIpc) is 2.58. The monoisotopic (exact) mass is 419 g/mol. The molecule has 0 saturated carbocycles. The van der Waals surface area contributed by atoms with Gasteiger partial charge in [-0.3, -0.25) is 0 Å². The summed E-state index contributed by atoms with van der Waals surface area (Å²) in [5.41, 5.74) is -0.439. The first kappa shape index (κ1) is 19.2. The molecule has 1 heterocycles. The second kappa shape index (κ2) is 8.05. The van der Waals surface area contributed by atoms with E-state index in [2.05, 4.69) is 15.0 Å². The van der Waals surface area contributed by atoms with Gasteiger partial charge in [0, 0.05) is 8.31 Å². The number of anilines is 2. The minimum Gasteiger partial charge on any atom is -0.386 e. The van der Waals surface area contributed by atoms with E-state index in [9.17, 15) is 35.8 Å². The van der Waals surface area contributed by atoms with Crippen molar-refractivity contribution in [3.05, 3.63) is 11.7 Å². The van der Waals surface area contributed by atoms with Gasteiger partial charge in [0.15, 0.2) is 5.82 Å². The Morgan fingerprint density at radius 2 is 1.46 bits per heavy atom. The third kappa shape index (κ3) is 5.42. The molecule has 0 saturated heterocycles. The predicted molar refractivity (Wildman–Crippen MR) is 86.0 cm³/mol. The summed E-state index contributed by atoms with van der Waals surface area (Å²) < 4.78 is 106. The van der Waals surface area contributed by atoms with Gasteiger partial charge in [-0.25, -0.2) is 4.39 Å². The molecule has 1 aliphatic rings. The molecular formula is C15H18F7N5O. The van der Waals surface area contributed by atoms with Crippen molar-refractivity contribution in [3.8, 4) is 0 Å². The highest BCUT2D eigenvalue weighted by Crippen LogP contribution is 2.33. The first-order valence-corrected chi connectivity index (χ1v) is 8.02. The Morgan fingerprint density at radius 3 is 1.89 bits per heavy atom. The van der Waals surface area contributed by atoms with Gasteiger partial charge in [0.1, 0.15) is 24.0 Å². The molecule has 3 N–H and O–H groups in total. The molecule has 0 aliphatic heterocycles. The molecule has 0 bridgehead atoms. The van der Waals surface area contributed by atoms with Gasteiger partial charge in [0.2, 0.25) is 11.9 Å². The fourth-order valence-electron chi connectivity index (χ4n) is 2.12. The number of aliphatic hydroxyl groups is 1. The molecule has 13 heteroatoms. The van der Waals surface area contributed by atoms with E-state index in [4.69, 9.17) is 2.74 Å². The molecule has 2 rings (SSSR count). The number of halogens is 7. The summed E-state index contributed by atoms with van der Waals surface area (Å²) in [6, 6.07) is -4.38. The summed E-state index contributed by atoms with van der Waals surface area (Å²) >= 11 is 0. The van der Waals surface area contributed by atoms with E-state index in [0.29, 0.717) is 13.8 Å². The average molecular weight is 419 g/mol. The van der Waals surface area contributed by atoms with E-state index in [1.165, 1.54) is 0 Å². The second-order valence-electron chi connectivity index (χ2n) is 6.05. The van der Waals surface area contributed by atoms with Crippen LogP contribution in [0.15, 0.2) is 5.83 Å². The Labute approximate surface area is 158 Å². The zero-order valence-corrected chi connectivity index (χ0v) is 14.6. The Kier molecular flexibility index (Phi) is 5.51. The van der Waals surface area contributed by atoms with Gasteiger partial charge in [-0.2, -0.15) is 41.3 Å². The Morgan fingerprint density at radius 1 is 1.00 bits per heavy atom. The number of nitrogens with one attached hydrogen (secondary N) is 2. The van der Waals surface area contributed by atoms with Crippen molar-refractivity contribution in [2.24, 2.45) is 0 Å². The molecule has 158 valence electrons.